The van der Waals surface area contributed by atoms with Crippen LogP contribution in [-0.4, -0.2) is 39.7 Å². The summed E-state index contributed by atoms with van der Waals surface area (Å²) in [6, 6.07) is 6.48. The van der Waals surface area contributed by atoms with Crippen LogP contribution in [0.5, 0.6) is 0 Å². The average molecular weight is 332 g/mol. The smallest absolute Gasteiger partial charge is 0.220 e. The van der Waals surface area contributed by atoms with Gasteiger partial charge in [0.2, 0.25) is 5.91 Å². The number of aromatic nitrogens is 2. The molecule has 5 nitrogen and oxygen atoms in total. The summed E-state index contributed by atoms with van der Waals surface area (Å²) in [6.07, 6.45) is 7.35. The Balaban J connectivity index is 1.37. The first-order valence-corrected chi connectivity index (χ1v) is 9.19. The topological polar surface area (TPSA) is 50.2 Å². The Morgan fingerprint density at radius 1 is 1.43 bits per heavy atom. The Kier molecular flexibility index (Phi) is 5.82. The summed E-state index contributed by atoms with van der Waals surface area (Å²) in [5.41, 5.74) is 0. The molecule has 124 valence electrons. The van der Waals surface area contributed by atoms with E-state index in [1.165, 1.54) is 4.88 Å². The minimum absolute atomic E-state index is 0.167. The lowest BCUT2D eigenvalue weighted by molar-refractivity contribution is -0.122. The van der Waals surface area contributed by atoms with Crippen molar-refractivity contribution in [2.24, 2.45) is 0 Å². The van der Waals surface area contributed by atoms with E-state index in [0.717, 1.165) is 45.4 Å². The minimum atomic E-state index is 0.167. The van der Waals surface area contributed by atoms with Gasteiger partial charge < -0.3 is 5.32 Å². The lowest BCUT2D eigenvalue weighted by Crippen LogP contribution is -2.47. The van der Waals surface area contributed by atoms with Crippen LogP contribution in [0.3, 0.4) is 0 Å². The van der Waals surface area contributed by atoms with E-state index in [9.17, 15) is 4.79 Å². The molecule has 1 atom stereocenters. The van der Waals surface area contributed by atoms with Gasteiger partial charge in [0.1, 0.15) is 0 Å². The van der Waals surface area contributed by atoms with Gasteiger partial charge in [-0.2, -0.15) is 5.10 Å². The van der Waals surface area contributed by atoms with Crippen molar-refractivity contribution in [3.63, 3.8) is 0 Å². The van der Waals surface area contributed by atoms with Crippen molar-refractivity contribution < 1.29 is 4.79 Å². The normalized spacial score (nSPS) is 18.9. The molecule has 1 unspecified atom stereocenters. The van der Waals surface area contributed by atoms with Crippen LogP contribution in [0.4, 0.5) is 0 Å². The number of likely N-dealkylation sites (tertiary alicyclic amines) is 1. The van der Waals surface area contributed by atoms with Crippen molar-refractivity contribution in [2.75, 3.05) is 13.1 Å². The van der Waals surface area contributed by atoms with Gasteiger partial charge in [0.15, 0.2) is 0 Å². The lowest BCUT2D eigenvalue weighted by atomic mass is 10.1. The Morgan fingerprint density at radius 2 is 2.39 bits per heavy atom. The molecule has 1 amide bonds. The van der Waals surface area contributed by atoms with Gasteiger partial charge in [-0.05, 0) is 43.3 Å². The van der Waals surface area contributed by atoms with Crippen LogP contribution in [0.15, 0.2) is 36.0 Å². The van der Waals surface area contributed by atoms with E-state index >= 15 is 0 Å². The monoisotopic (exact) mass is 332 g/mol. The minimum Gasteiger partial charge on any atom is -0.352 e. The highest BCUT2D eigenvalue weighted by molar-refractivity contribution is 7.09. The fourth-order valence-electron chi connectivity index (χ4n) is 3.07. The van der Waals surface area contributed by atoms with Gasteiger partial charge in [-0.25, -0.2) is 0 Å². The molecule has 0 bridgehead atoms. The maximum atomic E-state index is 12.1. The molecule has 23 heavy (non-hydrogen) atoms. The van der Waals surface area contributed by atoms with E-state index in [0.29, 0.717) is 12.5 Å². The second-order valence-electron chi connectivity index (χ2n) is 6.09. The first kappa shape index (κ1) is 16.2. The standard InChI is InChI=1S/C17H24N4OS/c22-17(7-2-10-21-11-4-8-18-21)19-15-5-1-9-20(13-15)14-16-6-3-12-23-16/h3-4,6,8,11-12,15H,1-2,5,7,9-10,13-14H2,(H,19,22). The molecule has 1 saturated heterocycles. The molecular formula is C17H24N4OS. The molecule has 3 heterocycles. The number of carbonyl (C=O) groups is 1. The zero-order valence-corrected chi connectivity index (χ0v) is 14.2. The SMILES string of the molecule is O=C(CCCn1cccn1)NC1CCCN(Cc2cccs2)C1. The molecule has 0 saturated carbocycles. The number of thiophene rings is 1. The van der Waals surface area contributed by atoms with Crippen LogP contribution in [0, 0.1) is 0 Å². The predicted octanol–water partition coefficient (Wildman–Crippen LogP) is 2.51. The van der Waals surface area contributed by atoms with Crippen molar-refractivity contribution in [2.45, 2.75) is 44.8 Å². The maximum Gasteiger partial charge on any atom is 0.220 e. The molecular weight excluding hydrogens is 308 g/mol. The third kappa shape index (κ3) is 5.18. The van der Waals surface area contributed by atoms with Gasteiger partial charge in [0.25, 0.3) is 0 Å². The van der Waals surface area contributed by atoms with Gasteiger partial charge in [0.05, 0.1) is 0 Å². The number of amides is 1. The van der Waals surface area contributed by atoms with Gasteiger partial charge in [-0.15, -0.1) is 11.3 Å². The number of nitrogens with one attached hydrogen (secondary N) is 1. The van der Waals surface area contributed by atoms with Crippen molar-refractivity contribution >= 4 is 17.2 Å². The second kappa shape index (κ2) is 8.26. The number of nitrogens with zero attached hydrogens (tertiary/aromatic N) is 3. The second-order valence-corrected chi connectivity index (χ2v) is 7.13. The number of piperidine rings is 1. The first-order valence-electron chi connectivity index (χ1n) is 8.31. The highest BCUT2D eigenvalue weighted by Gasteiger charge is 2.21. The number of rotatable bonds is 7. The summed E-state index contributed by atoms with van der Waals surface area (Å²) in [5.74, 6) is 0.167. The quantitative estimate of drug-likeness (QED) is 0.847. The fraction of sp³-hybridized carbons (Fsp3) is 0.529. The Hall–Kier alpha value is -1.66. The molecule has 1 N–H and O–H groups in total. The van der Waals surface area contributed by atoms with Crippen molar-refractivity contribution in [3.8, 4) is 0 Å². The summed E-state index contributed by atoms with van der Waals surface area (Å²) in [7, 11) is 0. The van der Waals surface area contributed by atoms with Crippen LogP contribution in [-0.2, 0) is 17.9 Å². The average Bonchev–Trinajstić information content (AvgIpc) is 3.21. The van der Waals surface area contributed by atoms with Crippen LogP contribution < -0.4 is 5.32 Å². The summed E-state index contributed by atoms with van der Waals surface area (Å²) < 4.78 is 1.87. The Labute approximate surface area is 141 Å². The van der Waals surface area contributed by atoms with E-state index in [-0.39, 0.29) is 5.91 Å². The van der Waals surface area contributed by atoms with Crippen molar-refractivity contribution in [3.05, 3.63) is 40.8 Å². The van der Waals surface area contributed by atoms with Crippen LogP contribution >= 0.6 is 11.3 Å². The zero-order chi connectivity index (χ0) is 15.9. The maximum absolute atomic E-state index is 12.1. The van der Waals surface area contributed by atoms with E-state index in [2.05, 4.69) is 32.8 Å². The van der Waals surface area contributed by atoms with Crippen molar-refractivity contribution in [1.82, 2.24) is 20.0 Å². The summed E-state index contributed by atoms with van der Waals surface area (Å²) >= 11 is 1.80. The Morgan fingerprint density at radius 3 is 3.17 bits per heavy atom. The molecule has 0 radical (unpaired) electrons. The molecule has 0 aliphatic carbocycles. The van der Waals surface area contributed by atoms with Gasteiger partial charge >= 0.3 is 0 Å². The highest BCUT2D eigenvalue weighted by Crippen LogP contribution is 2.17. The molecule has 6 heteroatoms. The van der Waals surface area contributed by atoms with Crippen LogP contribution in [0.25, 0.3) is 0 Å². The Bertz CT molecular complexity index is 582. The molecule has 0 aromatic carbocycles. The summed E-state index contributed by atoms with van der Waals surface area (Å²) in [5, 5.41) is 9.48. The predicted molar refractivity (Wildman–Crippen MR) is 92.2 cm³/mol. The van der Waals surface area contributed by atoms with Gasteiger partial charge in [0, 0.05) is 49.4 Å². The van der Waals surface area contributed by atoms with E-state index < -0.39 is 0 Å². The van der Waals surface area contributed by atoms with Crippen LogP contribution in [0.1, 0.15) is 30.6 Å². The number of aryl methyl sites for hydroxylation is 1. The van der Waals surface area contributed by atoms with E-state index in [1.807, 2.05) is 16.9 Å². The first-order chi connectivity index (χ1) is 11.3. The molecule has 1 aliphatic heterocycles. The van der Waals surface area contributed by atoms with E-state index in [1.54, 1.807) is 17.5 Å². The largest absolute Gasteiger partial charge is 0.352 e. The van der Waals surface area contributed by atoms with Crippen LogP contribution in [0.2, 0.25) is 0 Å². The lowest BCUT2D eigenvalue weighted by Gasteiger charge is -2.32. The number of hydrogen-bond acceptors (Lipinski definition) is 4. The third-order valence-electron chi connectivity index (χ3n) is 4.18. The summed E-state index contributed by atoms with van der Waals surface area (Å²) in [6.45, 7) is 3.89. The molecule has 2 aromatic heterocycles. The zero-order valence-electron chi connectivity index (χ0n) is 13.4. The fourth-order valence-corrected chi connectivity index (χ4v) is 3.82. The van der Waals surface area contributed by atoms with E-state index in [4.69, 9.17) is 0 Å². The molecule has 2 aromatic rings. The molecule has 0 spiro atoms. The molecule has 3 rings (SSSR count). The summed E-state index contributed by atoms with van der Waals surface area (Å²) in [4.78, 5) is 16.0. The number of hydrogen-bond donors (Lipinski definition) is 1. The van der Waals surface area contributed by atoms with Gasteiger partial charge in [-0.3, -0.25) is 14.4 Å². The molecule has 1 fully saturated rings. The third-order valence-corrected chi connectivity index (χ3v) is 5.04. The highest BCUT2D eigenvalue weighted by atomic mass is 32.1. The molecule has 1 aliphatic rings. The van der Waals surface area contributed by atoms with Gasteiger partial charge in [-0.1, -0.05) is 6.07 Å². The number of carbonyl (C=O) groups excluding carboxylic acids is 1. The van der Waals surface area contributed by atoms with Crippen molar-refractivity contribution in [1.29, 1.82) is 0 Å².